The lowest BCUT2D eigenvalue weighted by Crippen LogP contribution is -2.40. The van der Waals surface area contributed by atoms with Crippen LogP contribution in [0.25, 0.3) is 0 Å². The summed E-state index contributed by atoms with van der Waals surface area (Å²) in [6.45, 7) is 3.67. The molecule has 36 heavy (non-hydrogen) atoms. The maximum absolute atomic E-state index is 13.6. The number of amides is 2. The average molecular weight is 506 g/mol. The third-order valence-electron chi connectivity index (χ3n) is 6.15. The molecule has 0 aliphatic carbocycles. The van der Waals surface area contributed by atoms with Crippen LogP contribution < -0.4 is 14.9 Å². The van der Waals surface area contributed by atoms with E-state index >= 15 is 0 Å². The predicted molar refractivity (Wildman–Crippen MR) is 137 cm³/mol. The summed E-state index contributed by atoms with van der Waals surface area (Å²) in [4.78, 5) is 23.3. The van der Waals surface area contributed by atoms with Crippen molar-refractivity contribution in [2.24, 2.45) is 0 Å². The van der Waals surface area contributed by atoms with Crippen molar-refractivity contribution < 1.29 is 23.1 Å². The molecule has 0 saturated heterocycles. The van der Waals surface area contributed by atoms with Crippen LogP contribution in [-0.4, -0.2) is 32.1 Å². The molecule has 1 heterocycles. The summed E-state index contributed by atoms with van der Waals surface area (Å²) in [6.07, 6.45) is 0.875. The molecule has 3 N–H and O–H groups in total. The highest BCUT2D eigenvalue weighted by atomic mass is 32.2. The molecule has 2 unspecified atom stereocenters. The predicted octanol–water partition coefficient (Wildman–Crippen LogP) is 4.18. The van der Waals surface area contributed by atoms with Gasteiger partial charge in [-0.2, -0.15) is 0 Å². The molecule has 0 fully saturated rings. The second-order valence-corrected chi connectivity index (χ2v) is 10.3. The first kappa shape index (κ1) is 25.0. The summed E-state index contributed by atoms with van der Waals surface area (Å²) in [7, 11) is -3.89. The molecule has 0 aromatic heterocycles. The quantitative estimate of drug-likeness (QED) is 0.397. The number of carbonyl (C=O) groups is 2. The molecule has 4 rings (SSSR count). The van der Waals surface area contributed by atoms with Crippen LogP contribution in [0.5, 0.6) is 0 Å². The van der Waals surface area contributed by atoms with Gasteiger partial charge in [-0.15, -0.1) is 0 Å². The Morgan fingerprint density at radius 2 is 1.69 bits per heavy atom. The third kappa shape index (κ3) is 5.41. The van der Waals surface area contributed by atoms with Crippen LogP contribution in [0.1, 0.15) is 35.2 Å². The summed E-state index contributed by atoms with van der Waals surface area (Å²) >= 11 is 0. The SMILES string of the molecule is C=CC(=O)NC1CCN(S(=O)(=O)c2ccc(C(Cc3ccccc3)NC(=O)O)cc2)c2ccccc21. The number of para-hydroxylation sites is 1. The van der Waals surface area contributed by atoms with E-state index in [1.165, 1.54) is 22.5 Å². The molecule has 0 radical (unpaired) electrons. The van der Waals surface area contributed by atoms with Gasteiger partial charge in [0, 0.05) is 6.54 Å². The average Bonchev–Trinajstić information content (AvgIpc) is 2.88. The summed E-state index contributed by atoms with van der Waals surface area (Å²) < 4.78 is 28.5. The summed E-state index contributed by atoms with van der Waals surface area (Å²) in [6, 6.07) is 22.0. The van der Waals surface area contributed by atoms with Crippen LogP contribution in [-0.2, 0) is 21.2 Å². The molecule has 0 saturated carbocycles. The fraction of sp³-hybridized carbons (Fsp3) is 0.185. The topological polar surface area (TPSA) is 116 Å². The zero-order valence-electron chi connectivity index (χ0n) is 19.5. The van der Waals surface area contributed by atoms with Gasteiger partial charge in [-0.05, 0) is 53.8 Å². The van der Waals surface area contributed by atoms with E-state index in [1.807, 2.05) is 30.3 Å². The van der Waals surface area contributed by atoms with E-state index < -0.39 is 22.2 Å². The van der Waals surface area contributed by atoms with Crippen molar-refractivity contribution in [3.8, 4) is 0 Å². The Kier molecular flexibility index (Phi) is 7.40. The van der Waals surface area contributed by atoms with Gasteiger partial charge in [-0.25, -0.2) is 13.2 Å². The van der Waals surface area contributed by atoms with Crippen molar-refractivity contribution in [3.05, 3.63) is 108 Å². The van der Waals surface area contributed by atoms with E-state index in [4.69, 9.17) is 0 Å². The van der Waals surface area contributed by atoms with Gasteiger partial charge in [-0.3, -0.25) is 9.10 Å². The number of nitrogens with zero attached hydrogens (tertiary/aromatic N) is 1. The minimum absolute atomic E-state index is 0.100. The zero-order chi connectivity index (χ0) is 25.7. The van der Waals surface area contributed by atoms with Crippen molar-refractivity contribution in [1.29, 1.82) is 0 Å². The molecule has 9 heteroatoms. The maximum Gasteiger partial charge on any atom is 0.405 e. The van der Waals surface area contributed by atoms with Gasteiger partial charge >= 0.3 is 6.09 Å². The van der Waals surface area contributed by atoms with E-state index in [0.29, 0.717) is 29.7 Å². The number of anilines is 1. The number of sulfonamides is 1. The van der Waals surface area contributed by atoms with E-state index in [9.17, 15) is 23.1 Å². The van der Waals surface area contributed by atoms with Gasteiger partial charge in [0.05, 0.1) is 22.7 Å². The zero-order valence-corrected chi connectivity index (χ0v) is 20.3. The highest BCUT2D eigenvalue weighted by molar-refractivity contribution is 7.92. The maximum atomic E-state index is 13.6. The number of fused-ring (bicyclic) bond motifs is 1. The van der Waals surface area contributed by atoms with Crippen molar-refractivity contribution >= 4 is 27.7 Å². The highest BCUT2D eigenvalue weighted by Crippen LogP contribution is 2.37. The standard InChI is InChI=1S/C27H27N3O5S/c1-2-26(31)28-23-16-17-30(25-11-7-6-10-22(23)25)36(34,35)21-14-12-20(13-15-21)24(29-27(32)33)18-19-8-4-3-5-9-19/h2-15,23-24,29H,1,16-18H2,(H,28,31)(H,32,33). The van der Waals surface area contributed by atoms with E-state index in [2.05, 4.69) is 17.2 Å². The molecular formula is C27H27N3O5S. The smallest absolute Gasteiger partial charge is 0.405 e. The van der Waals surface area contributed by atoms with Crippen LogP contribution in [0.3, 0.4) is 0 Å². The van der Waals surface area contributed by atoms with Gasteiger partial charge in [0.25, 0.3) is 10.0 Å². The third-order valence-corrected chi connectivity index (χ3v) is 7.98. The Hall–Kier alpha value is -4.11. The van der Waals surface area contributed by atoms with Crippen LogP contribution in [0, 0.1) is 0 Å². The first-order chi connectivity index (χ1) is 17.3. The Morgan fingerprint density at radius 1 is 1.03 bits per heavy atom. The molecule has 0 spiro atoms. The normalized spacial score (nSPS) is 15.9. The molecule has 2 amide bonds. The van der Waals surface area contributed by atoms with Gasteiger partial charge in [0.15, 0.2) is 0 Å². The van der Waals surface area contributed by atoms with Gasteiger partial charge in [0.1, 0.15) is 0 Å². The van der Waals surface area contributed by atoms with Gasteiger partial charge < -0.3 is 15.7 Å². The van der Waals surface area contributed by atoms with Crippen LogP contribution in [0.15, 0.2) is 96.4 Å². The monoisotopic (exact) mass is 505 g/mol. The summed E-state index contributed by atoms with van der Waals surface area (Å²) in [5, 5.41) is 14.7. The number of hydrogen-bond donors (Lipinski definition) is 3. The molecule has 3 aromatic rings. The lowest BCUT2D eigenvalue weighted by Gasteiger charge is -2.35. The van der Waals surface area contributed by atoms with E-state index in [1.54, 1.807) is 36.4 Å². The first-order valence-corrected chi connectivity index (χ1v) is 12.9. The van der Waals surface area contributed by atoms with Crippen LogP contribution in [0.4, 0.5) is 10.5 Å². The fourth-order valence-electron chi connectivity index (χ4n) is 4.41. The van der Waals surface area contributed by atoms with Gasteiger partial charge in [-0.1, -0.05) is 67.2 Å². The Balaban J connectivity index is 1.61. The number of carboxylic acid groups (broad SMARTS) is 1. The van der Waals surface area contributed by atoms with E-state index in [0.717, 1.165) is 5.56 Å². The Morgan fingerprint density at radius 3 is 2.36 bits per heavy atom. The Labute approximate surface area is 210 Å². The molecule has 1 aliphatic heterocycles. The first-order valence-electron chi connectivity index (χ1n) is 11.5. The number of hydrogen-bond acceptors (Lipinski definition) is 4. The highest BCUT2D eigenvalue weighted by Gasteiger charge is 2.33. The summed E-state index contributed by atoms with van der Waals surface area (Å²) in [5.41, 5.74) is 2.84. The second-order valence-electron chi connectivity index (χ2n) is 8.45. The number of benzene rings is 3. The lowest BCUT2D eigenvalue weighted by atomic mass is 9.98. The molecule has 186 valence electrons. The van der Waals surface area contributed by atoms with Crippen LogP contribution in [0.2, 0.25) is 0 Å². The minimum atomic E-state index is -3.89. The second kappa shape index (κ2) is 10.7. The number of carbonyl (C=O) groups excluding carboxylic acids is 1. The van der Waals surface area contributed by atoms with Crippen molar-refractivity contribution in [2.45, 2.75) is 29.8 Å². The fourth-order valence-corrected chi connectivity index (χ4v) is 5.92. The molecular weight excluding hydrogens is 478 g/mol. The summed E-state index contributed by atoms with van der Waals surface area (Å²) in [5.74, 6) is -0.318. The largest absolute Gasteiger partial charge is 0.465 e. The lowest BCUT2D eigenvalue weighted by molar-refractivity contribution is -0.117. The van der Waals surface area contributed by atoms with Crippen molar-refractivity contribution in [3.63, 3.8) is 0 Å². The Bertz CT molecular complexity index is 1360. The number of nitrogens with one attached hydrogen (secondary N) is 2. The number of rotatable bonds is 8. The van der Waals surface area contributed by atoms with Crippen molar-refractivity contribution in [2.75, 3.05) is 10.8 Å². The van der Waals surface area contributed by atoms with Crippen LogP contribution >= 0.6 is 0 Å². The molecule has 8 nitrogen and oxygen atoms in total. The molecule has 0 bridgehead atoms. The minimum Gasteiger partial charge on any atom is -0.465 e. The molecule has 1 aliphatic rings. The van der Waals surface area contributed by atoms with Crippen molar-refractivity contribution in [1.82, 2.24) is 10.6 Å². The van der Waals surface area contributed by atoms with Gasteiger partial charge in [0.2, 0.25) is 5.91 Å². The molecule has 3 aromatic carbocycles. The molecule has 2 atom stereocenters. The van der Waals surface area contributed by atoms with E-state index in [-0.39, 0.29) is 23.4 Å².